The first-order valence-electron chi connectivity index (χ1n) is 5.98. The van der Waals surface area contributed by atoms with E-state index in [1.54, 1.807) is 14.2 Å². The van der Waals surface area contributed by atoms with Gasteiger partial charge in [0.1, 0.15) is 6.04 Å². The summed E-state index contributed by atoms with van der Waals surface area (Å²) >= 11 is 0. The number of carbonyl (C=O) groups is 1. The van der Waals surface area contributed by atoms with Crippen LogP contribution in [-0.4, -0.2) is 63.5 Å². The molecule has 102 valence electrons. The Bertz CT molecular complexity index is 211. The lowest BCUT2D eigenvalue weighted by Crippen LogP contribution is -2.48. The van der Waals surface area contributed by atoms with Crippen molar-refractivity contribution in [3.8, 4) is 0 Å². The normalized spacial score (nSPS) is 14.7. The van der Waals surface area contributed by atoms with Gasteiger partial charge in [-0.3, -0.25) is 9.69 Å². The fraction of sp³-hybridized carbons (Fsp3) is 0.917. The summed E-state index contributed by atoms with van der Waals surface area (Å²) < 4.78 is 15.2. The Morgan fingerprint density at radius 3 is 2.35 bits per heavy atom. The van der Waals surface area contributed by atoms with E-state index >= 15 is 0 Å². The van der Waals surface area contributed by atoms with Crippen LogP contribution in [0.5, 0.6) is 0 Å². The first-order chi connectivity index (χ1) is 8.08. The van der Waals surface area contributed by atoms with Crippen molar-refractivity contribution in [2.75, 3.05) is 40.6 Å². The highest BCUT2D eigenvalue weighted by Crippen LogP contribution is 2.08. The van der Waals surface area contributed by atoms with Crippen molar-refractivity contribution in [1.82, 2.24) is 4.90 Å². The van der Waals surface area contributed by atoms with Crippen molar-refractivity contribution < 1.29 is 19.0 Å². The van der Waals surface area contributed by atoms with Gasteiger partial charge in [-0.15, -0.1) is 0 Å². The third-order valence-electron chi connectivity index (χ3n) is 2.65. The molecule has 0 radical (unpaired) electrons. The maximum atomic E-state index is 11.7. The summed E-state index contributed by atoms with van der Waals surface area (Å²) in [4.78, 5) is 13.7. The molecule has 0 aromatic carbocycles. The van der Waals surface area contributed by atoms with Crippen molar-refractivity contribution in [2.45, 2.75) is 32.9 Å². The van der Waals surface area contributed by atoms with Crippen LogP contribution in [0.2, 0.25) is 0 Å². The second kappa shape index (κ2) is 9.39. The lowest BCUT2D eigenvalue weighted by molar-refractivity contribution is -0.150. The van der Waals surface area contributed by atoms with Gasteiger partial charge in [-0.25, -0.2) is 0 Å². The molecule has 0 aliphatic carbocycles. The topological polar surface area (TPSA) is 48.0 Å². The Balaban J connectivity index is 4.47. The third-order valence-corrected chi connectivity index (χ3v) is 2.65. The Kier molecular flexibility index (Phi) is 9.03. The molecule has 0 amide bonds. The molecule has 0 saturated carbocycles. The van der Waals surface area contributed by atoms with Crippen LogP contribution in [0.1, 0.15) is 20.8 Å². The summed E-state index contributed by atoms with van der Waals surface area (Å²) in [6.45, 7) is 7.92. The highest BCUT2D eigenvalue weighted by Gasteiger charge is 2.26. The summed E-state index contributed by atoms with van der Waals surface area (Å²) in [7, 11) is 3.30. The van der Waals surface area contributed by atoms with E-state index in [2.05, 4.69) is 0 Å². The van der Waals surface area contributed by atoms with Gasteiger partial charge in [-0.1, -0.05) is 0 Å². The molecule has 5 nitrogen and oxygen atoms in total. The first kappa shape index (κ1) is 16.4. The number of hydrogen-bond donors (Lipinski definition) is 0. The number of methoxy groups -OCH3 is 2. The number of esters is 1. The van der Waals surface area contributed by atoms with Crippen molar-refractivity contribution in [3.05, 3.63) is 0 Å². The Morgan fingerprint density at radius 2 is 1.88 bits per heavy atom. The standard InChI is InChI=1S/C12H25NO4/c1-6-17-12(14)11(3)13(7-8-15-4)10(2)9-16-5/h10-11H,6-9H2,1-5H3. The van der Waals surface area contributed by atoms with Crippen LogP contribution < -0.4 is 0 Å². The van der Waals surface area contributed by atoms with Crippen LogP contribution >= 0.6 is 0 Å². The molecule has 0 bridgehead atoms. The second-order valence-corrected chi connectivity index (χ2v) is 3.96. The Morgan fingerprint density at radius 1 is 1.24 bits per heavy atom. The molecule has 5 heteroatoms. The number of carbonyl (C=O) groups excluding carboxylic acids is 1. The van der Waals surface area contributed by atoms with Crippen LogP contribution in [0.3, 0.4) is 0 Å². The molecule has 0 aromatic heterocycles. The van der Waals surface area contributed by atoms with Gasteiger partial charge in [0.05, 0.1) is 19.8 Å². The molecule has 0 rings (SSSR count). The zero-order valence-corrected chi connectivity index (χ0v) is 11.6. The lowest BCUT2D eigenvalue weighted by atomic mass is 10.2. The minimum Gasteiger partial charge on any atom is -0.465 e. The van der Waals surface area contributed by atoms with Crippen LogP contribution in [0.4, 0.5) is 0 Å². The molecule has 0 spiro atoms. The molecule has 0 saturated heterocycles. The molecule has 0 fully saturated rings. The monoisotopic (exact) mass is 247 g/mol. The first-order valence-corrected chi connectivity index (χ1v) is 5.98. The second-order valence-electron chi connectivity index (χ2n) is 3.96. The van der Waals surface area contributed by atoms with Gasteiger partial charge in [-0.2, -0.15) is 0 Å². The maximum absolute atomic E-state index is 11.7. The largest absolute Gasteiger partial charge is 0.465 e. The summed E-state index contributed by atoms with van der Waals surface area (Å²) in [5, 5.41) is 0. The van der Waals surface area contributed by atoms with E-state index in [-0.39, 0.29) is 18.1 Å². The smallest absolute Gasteiger partial charge is 0.323 e. The SMILES string of the molecule is CCOC(=O)C(C)N(CCOC)C(C)COC. The van der Waals surface area contributed by atoms with Crippen LogP contribution in [0, 0.1) is 0 Å². The van der Waals surface area contributed by atoms with Crippen LogP contribution in [0.25, 0.3) is 0 Å². The highest BCUT2D eigenvalue weighted by molar-refractivity contribution is 5.75. The summed E-state index contributed by atoms with van der Waals surface area (Å²) in [5.41, 5.74) is 0. The van der Waals surface area contributed by atoms with E-state index in [0.717, 1.165) is 0 Å². The minimum atomic E-state index is -0.282. The van der Waals surface area contributed by atoms with E-state index in [1.165, 1.54) is 0 Å². The average Bonchev–Trinajstić information content (AvgIpc) is 2.30. The summed E-state index contributed by atoms with van der Waals surface area (Å²) in [6, 6.07) is -0.134. The minimum absolute atomic E-state index is 0.148. The summed E-state index contributed by atoms with van der Waals surface area (Å²) in [6.07, 6.45) is 0. The summed E-state index contributed by atoms with van der Waals surface area (Å²) in [5.74, 6) is -0.202. The van der Waals surface area contributed by atoms with Crippen molar-refractivity contribution in [2.24, 2.45) is 0 Å². The predicted octanol–water partition coefficient (Wildman–Crippen LogP) is 0.921. The zero-order chi connectivity index (χ0) is 13.3. The molecule has 0 aliphatic rings. The highest BCUT2D eigenvalue weighted by atomic mass is 16.5. The maximum Gasteiger partial charge on any atom is 0.323 e. The third kappa shape index (κ3) is 6.00. The van der Waals surface area contributed by atoms with E-state index in [4.69, 9.17) is 14.2 Å². The number of ether oxygens (including phenoxy) is 3. The fourth-order valence-electron chi connectivity index (χ4n) is 1.73. The molecule has 0 aromatic rings. The van der Waals surface area contributed by atoms with Gasteiger partial charge in [0.2, 0.25) is 0 Å². The molecule has 17 heavy (non-hydrogen) atoms. The van der Waals surface area contributed by atoms with Gasteiger partial charge in [0.25, 0.3) is 0 Å². The zero-order valence-electron chi connectivity index (χ0n) is 11.6. The number of nitrogens with zero attached hydrogens (tertiary/aromatic N) is 1. The van der Waals surface area contributed by atoms with Crippen LogP contribution in [-0.2, 0) is 19.0 Å². The quantitative estimate of drug-likeness (QED) is 0.567. The fourth-order valence-corrected chi connectivity index (χ4v) is 1.73. The van der Waals surface area contributed by atoms with Gasteiger partial charge < -0.3 is 14.2 Å². The van der Waals surface area contributed by atoms with Crippen molar-refractivity contribution in [3.63, 3.8) is 0 Å². The molecule has 0 N–H and O–H groups in total. The van der Waals surface area contributed by atoms with Gasteiger partial charge >= 0.3 is 5.97 Å². The molecular formula is C12H25NO4. The van der Waals surface area contributed by atoms with E-state index in [0.29, 0.717) is 26.4 Å². The van der Waals surface area contributed by atoms with E-state index in [1.807, 2.05) is 25.7 Å². The molecule has 2 unspecified atom stereocenters. The molecule has 0 heterocycles. The van der Waals surface area contributed by atoms with Gasteiger partial charge in [0, 0.05) is 26.8 Å². The van der Waals surface area contributed by atoms with Gasteiger partial charge in [0.15, 0.2) is 0 Å². The van der Waals surface area contributed by atoms with E-state index < -0.39 is 0 Å². The van der Waals surface area contributed by atoms with Crippen molar-refractivity contribution in [1.29, 1.82) is 0 Å². The lowest BCUT2D eigenvalue weighted by Gasteiger charge is -2.32. The molecule has 2 atom stereocenters. The Labute approximate surface area is 104 Å². The molecular weight excluding hydrogens is 222 g/mol. The predicted molar refractivity (Wildman–Crippen MR) is 66.0 cm³/mol. The van der Waals surface area contributed by atoms with E-state index in [9.17, 15) is 4.79 Å². The van der Waals surface area contributed by atoms with Crippen LogP contribution in [0.15, 0.2) is 0 Å². The Hall–Kier alpha value is -0.650. The molecule has 0 aliphatic heterocycles. The van der Waals surface area contributed by atoms with Gasteiger partial charge in [-0.05, 0) is 20.8 Å². The van der Waals surface area contributed by atoms with Crippen molar-refractivity contribution >= 4 is 5.97 Å². The average molecular weight is 247 g/mol. The number of rotatable bonds is 9. The number of hydrogen-bond acceptors (Lipinski definition) is 5.